The number of nitrogens with zero attached hydrogens (tertiary/aromatic N) is 2. The molecule has 0 aliphatic carbocycles. The summed E-state index contributed by atoms with van der Waals surface area (Å²) in [7, 11) is 0. The van der Waals surface area contributed by atoms with E-state index in [1.54, 1.807) is 0 Å². The van der Waals surface area contributed by atoms with Gasteiger partial charge in [0.2, 0.25) is 0 Å². The zero-order valence-corrected chi connectivity index (χ0v) is 11.7. The number of hydrogen-bond donors (Lipinski definition) is 1. The van der Waals surface area contributed by atoms with Gasteiger partial charge in [-0.2, -0.15) is 0 Å². The van der Waals surface area contributed by atoms with Crippen LogP contribution in [0.5, 0.6) is 0 Å². The molecule has 2 heterocycles. The smallest absolute Gasteiger partial charge is 0.196 e. The van der Waals surface area contributed by atoms with Crippen molar-refractivity contribution in [3.8, 4) is 0 Å². The number of hydrogen-bond acceptors (Lipinski definition) is 3. The van der Waals surface area contributed by atoms with Crippen molar-refractivity contribution < 1.29 is 4.84 Å². The van der Waals surface area contributed by atoms with E-state index in [-0.39, 0.29) is 0 Å². The first-order chi connectivity index (χ1) is 9.29. The fraction of sp³-hybridized carbons (Fsp3) is 0.500. The third-order valence-electron chi connectivity index (χ3n) is 3.93. The standard InChI is InChI=1S/C14H19N3OS/c15-8-12-6-7-13-9-16(12)14(19)17(13)18-10-11-4-2-1-3-5-11/h1-5,12-13H,6-10,15H2/t12-,13+/m0/s1. The summed E-state index contributed by atoms with van der Waals surface area (Å²) in [5.74, 6) is 0. The number of benzene rings is 1. The highest BCUT2D eigenvalue weighted by atomic mass is 32.1. The molecule has 3 rings (SSSR count). The molecule has 2 bridgehead atoms. The Morgan fingerprint density at radius 1 is 1.26 bits per heavy atom. The van der Waals surface area contributed by atoms with Crippen LogP contribution in [0.2, 0.25) is 0 Å². The number of thiocarbonyl (C=S) groups is 1. The molecule has 5 heteroatoms. The van der Waals surface area contributed by atoms with Gasteiger partial charge in [-0.1, -0.05) is 30.3 Å². The summed E-state index contributed by atoms with van der Waals surface area (Å²) in [6.07, 6.45) is 2.21. The molecular weight excluding hydrogens is 258 g/mol. The zero-order valence-electron chi connectivity index (χ0n) is 10.9. The molecule has 2 saturated heterocycles. The first-order valence-corrected chi connectivity index (χ1v) is 7.17. The molecule has 2 aliphatic rings. The van der Waals surface area contributed by atoms with Gasteiger partial charge in [0.25, 0.3) is 0 Å². The van der Waals surface area contributed by atoms with Crippen molar-refractivity contribution >= 4 is 17.3 Å². The number of fused-ring (bicyclic) bond motifs is 2. The van der Waals surface area contributed by atoms with E-state index in [1.165, 1.54) is 0 Å². The summed E-state index contributed by atoms with van der Waals surface area (Å²) < 4.78 is 0. The minimum Gasteiger partial charge on any atom is -0.341 e. The number of piperidine rings is 1. The van der Waals surface area contributed by atoms with Gasteiger partial charge in [-0.15, -0.1) is 0 Å². The summed E-state index contributed by atoms with van der Waals surface area (Å²) >= 11 is 5.51. The molecule has 1 aromatic carbocycles. The molecular formula is C14H19N3OS. The van der Waals surface area contributed by atoms with E-state index in [0.717, 1.165) is 30.1 Å². The number of nitrogens with two attached hydrogens (primary N) is 1. The average Bonchev–Trinajstić information content (AvgIpc) is 2.71. The van der Waals surface area contributed by atoms with E-state index in [9.17, 15) is 0 Å². The summed E-state index contributed by atoms with van der Waals surface area (Å²) in [6, 6.07) is 10.9. The van der Waals surface area contributed by atoms with Crippen molar-refractivity contribution in [2.24, 2.45) is 5.73 Å². The van der Waals surface area contributed by atoms with Gasteiger partial charge in [0.1, 0.15) is 6.61 Å². The lowest BCUT2D eigenvalue weighted by Gasteiger charge is -2.30. The molecule has 2 fully saturated rings. The summed E-state index contributed by atoms with van der Waals surface area (Å²) in [5.41, 5.74) is 6.96. The monoisotopic (exact) mass is 277 g/mol. The molecule has 0 unspecified atom stereocenters. The number of rotatable bonds is 4. The Kier molecular flexibility index (Phi) is 3.68. The van der Waals surface area contributed by atoms with Gasteiger partial charge in [-0.25, -0.2) is 5.06 Å². The minimum atomic E-state index is 0.383. The molecule has 2 N–H and O–H groups in total. The molecule has 0 radical (unpaired) electrons. The lowest BCUT2D eigenvalue weighted by molar-refractivity contribution is -0.127. The van der Waals surface area contributed by atoms with Crippen molar-refractivity contribution in [3.63, 3.8) is 0 Å². The van der Waals surface area contributed by atoms with E-state index >= 15 is 0 Å². The quantitative estimate of drug-likeness (QED) is 0.845. The first-order valence-electron chi connectivity index (χ1n) is 6.76. The molecule has 0 spiro atoms. The largest absolute Gasteiger partial charge is 0.341 e. The van der Waals surface area contributed by atoms with Gasteiger partial charge < -0.3 is 10.6 Å². The third kappa shape index (κ3) is 2.45. The zero-order chi connectivity index (χ0) is 13.2. The van der Waals surface area contributed by atoms with Crippen molar-refractivity contribution in [3.05, 3.63) is 35.9 Å². The van der Waals surface area contributed by atoms with Crippen LogP contribution in [0, 0.1) is 0 Å². The highest BCUT2D eigenvalue weighted by Gasteiger charge is 2.42. The molecule has 2 atom stereocenters. The predicted octanol–water partition coefficient (Wildman–Crippen LogP) is 1.51. The maximum absolute atomic E-state index is 5.92. The van der Waals surface area contributed by atoms with Gasteiger partial charge in [0.05, 0.1) is 6.04 Å². The number of hydroxylamine groups is 2. The topological polar surface area (TPSA) is 41.7 Å². The van der Waals surface area contributed by atoms with Crippen LogP contribution in [-0.4, -0.2) is 40.2 Å². The first kappa shape index (κ1) is 12.8. The Morgan fingerprint density at radius 3 is 2.79 bits per heavy atom. The van der Waals surface area contributed by atoms with E-state index in [1.807, 2.05) is 23.3 Å². The second-order valence-electron chi connectivity index (χ2n) is 5.14. The van der Waals surface area contributed by atoms with Gasteiger partial charge >= 0.3 is 0 Å². The van der Waals surface area contributed by atoms with Gasteiger partial charge in [0.15, 0.2) is 5.11 Å². The fourth-order valence-electron chi connectivity index (χ4n) is 2.84. The predicted molar refractivity (Wildman–Crippen MR) is 78.2 cm³/mol. The Balaban J connectivity index is 1.64. The molecule has 0 aromatic heterocycles. The average molecular weight is 277 g/mol. The van der Waals surface area contributed by atoms with Crippen LogP contribution in [0.1, 0.15) is 18.4 Å². The van der Waals surface area contributed by atoms with Crippen molar-refractivity contribution in [2.45, 2.75) is 31.5 Å². The van der Waals surface area contributed by atoms with Crippen LogP contribution < -0.4 is 5.73 Å². The van der Waals surface area contributed by atoms with Crippen molar-refractivity contribution in [1.29, 1.82) is 0 Å². The Morgan fingerprint density at radius 2 is 2.05 bits per heavy atom. The second kappa shape index (κ2) is 5.45. The van der Waals surface area contributed by atoms with Crippen LogP contribution in [0.15, 0.2) is 30.3 Å². The van der Waals surface area contributed by atoms with Crippen LogP contribution in [0.4, 0.5) is 0 Å². The molecule has 1 aromatic rings. The van der Waals surface area contributed by atoms with Gasteiger partial charge in [-0.3, -0.25) is 4.84 Å². The van der Waals surface area contributed by atoms with Crippen LogP contribution in [0.25, 0.3) is 0 Å². The Hall–Kier alpha value is -1.17. The fourth-order valence-corrected chi connectivity index (χ4v) is 3.27. The third-order valence-corrected chi connectivity index (χ3v) is 4.35. The summed E-state index contributed by atoms with van der Waals surface area (Å²) in [4.78, 5) is 8.13. The Labute approximate surface area is 119 Å². The van der Waals surface area contributed by atoms with Gasteiger partial charge in [0, 0.05) is 19.1 Å². The van der Waals surface area contributed by atoms with Crippen molar-refractivity contribution in [2.75, 3.05) is 13.1 Å². The lowest BCUT2D eigenvalue weighted by Crippen LogP contribution is -2.44. The van der Waals surface area contributed by atoms with Crippen molar-refractivity contribution in [1.82, 2.24) is 9.96 Å². The van der Waals surface area contributed by atoms with Crippen LogP contribution in [-0.2, 0) is 11.4 Å². The summed E-state index contributed by atoms with van der Waals surface area (Å²) in [6.45, 7) is 2.19. The molecule has 0 saturated carbocycles. The molecule has 19 heavy (non-hydrogen) atoms. The maximum atomic E-state index is 5.92. The Bertz CT molecular complexity index is 453. The normalized spacial score (nSPS) is 26.1. The molecule has 0 amide bonds. The molecule has 102 valence electrons. The van der Waals surface area contributed by atoms with E-state index in [0.29, 0.717) is 25.2 Å². The highest BCUT2D eigenvalue weighted by molar-refractivity contribution is 7.80. The molecule has 2 aliphatic heterocycles. The second-order valence-corrected chi connectivity index (χ2v) is 5.51. The van der Waals surface area contributed by atoms with Gasteiger partial charge in [-0.05, 0) is 30.6 Å². The van der Waals surface area contributed by atoms with Crippen LogP contribution in [0.3, 0.4) is 0 Å². The SMILES string of the molecule is NC[C@@H]1CC[C@@H]2CN1C(=S)N2OCc1ccccc1. The highest BCUT2D eigenvalue weighted by Crippen LogP contribution is 2.30. The van der Waals surface area contributed by atoms with E-state index < -0.39 is 0 Å². The van der Waals surface area contributed by atoms with Crippen LogP contribution >= 0.6 is 12.2 Å². The molecule has 4 nitrogen and oxygen atoms in total. The lowest BCUT2D eigenvalue weighted by atomic mass is 10.0. The maximum Gasteiger partial charge on any atom is 0.196 e. The minimum absolute atomic E-state index is 0.383. The van der Waals surface area contributed by atoms with E-state index in [2.05, 4.69) is 17.0 Å². The van der Waals surface area contributed by atoms with E-state index in [4.69, 9.17) is 22.8 Å². The summed E-state index contributed by atoms with van der Waals surface area (Å²) in [5, 5.41) is 2.71.